The van der Waals surface area contributed by atoms with Crippen molar-refractivity contribution in [2.45, 2.75) is 37.0 Å². The molecule has 6 heteroatoms. The number of hydrogen-bond donors (Lipinski definition) is 1. The Labute approximate surface area is 123 Å². The summed E-state index contributed by atoms with van der Waals surface area (Å²) in [5.74, 6) is 0. The van der Waals surface area contributed by atoms with E-state index in [0.717, 1.165) is 30.2 Å². The first-order valence-corrected chi connectivity index (χ1v) is 8.80. The Morgan fingerprint density at radius 2 is 1.63 bits per heavy atom. The van der Waals surface area contributed by atoms with Crippen LogP contribution in [0, 0.1) is 0 Å². The highest BCUT2D eigenvalue weighted by Crippen LogP contribution is 2.27. The van der Waals surface area contributed by atoms with Crippen molar-refractivity contribution < 1.29 is 8.42 Å². The van der Waals surface area contributed by atoms with Crippen LogP contribution in [-0.2, 0) is 10.0 Å². The van der Waals surface area contributed by atoms with Crippen molar-refractivity contribution >= 4 is 31.6 Å². The van der Waals surface area contributed by atoms with E-state index < -0.39 is 10.0 Å². The predicted octanol–water partition coefficient (Wildman–Crippen LogP) is 2.99. The van der Waals surface area contributed by atoms with Crippen molar-refractivity contribution in [3.05, 3.63) is 22.7 Å². The van der Waals surface area contributed by atoms with E-state index >= 15 is 0 Å². The topological polar surface area (TPSA) is 63.4 Å². The molecule has 1 aromatic rings. The highest BCUT2D eigenvalue weighted by Gasteiger charge is 2.26. The number of hydrogen-bond acceptors (Lipinski definition) is 3. The quantitative estimate of drug-likeness (QED) is 0.837. The van der Waals surface area contributed by atoms with Gasteiger partial charge in [-0.05, 0) is 31.0 Å². The van der Waals surface area contributed by atoms with Crippen LogP contribution in [0.1, 0.15) is 32.1 Å². The molecule has 1 fully saturated rings. The molecule has 19 heavy (non-hydrogen) atoms. The zero-order chi connectivity index (χ0) is 13.9. The van der Waals surface area contributed by atoms with Gasteiger partial charge in [0.15, 0.2) is 0 Å². The first kappa shape index (κ1) is 14.8. The van der Waals surface area contributed by atoms with Gasteiger partial charge in [-0.25, -0.2) is 8.42 Å². The van der Waals surface area contributed by atoms with Gasteiger partial charge >= 0.3 is 0 Å². The fraction of sp³-hybridized carbons (Fsp3) is 0.538. The Morgan fingerprint density at radius 1 is 1.05 bits per heavy atom. The first-order chi connectivity index (χ1) is 9.01. The molecule has 0 saturated carbocycles. The van der Waals surface area contributed by atoms with Gasteiger partial charge in [-0.3, -0.25) is 0 Å². The normalized spacial score (nSPS) is 18.8. The molecular formula is C13H19BrN2O2S. The number of sulfonamides is 1. The summed E-state index contributed by atoms with van der Waals surface area (Å²) in [6, 6.07) is 4.93. The van der Waals surface area contributed by atoms with Crippen LogP contribution < -0.4 is 5.73 Å². The highest BCUT2D eigenvalue weighted by atomic mass is 79.9. The third-order valence-corrected chi connectivity index (χ3v) is 5.87. The van der Waals surface area contributed by atoms with Gasteiger partial charge in [-0.1, -0.05) is 35.2 Å². The summed E-state index contributed by atoms with van der Waals surface area (Å²) in [5.41, 5.74) is 6.15. The largest absolute Gasteiger partial charge is 0.398 e. The maximum atomic E-state index is 12.6. The third kappa shape index (κ3) is 3.49. The van der Waals surface area contributed by atoms with Gasteiger partial charge in [0.25, 0.3) is 0 Å². The highest BCUT2D eigenvalue weighted by molar-refractivity contribution is 9.10. The molecule has 0 spiro atoms. The SMILES string of the molecule is Nc1cc(Br)ccc1S(=O)(=O)N1CCCCCCC1. The van der Waals surface area contributed by atoms with Crippen LogP contribution in [0.5, 0.6) is 0 Å². The average molecular weight is 347 g/mol. The van der Waals surface area contributed by atoms with Gasteiger partial charge in [-0.15, -0.1) is 0 Å². The average Bonchev–Trinajstić information content (AvgIpc) is 2.26. The van der Waals surface area contributed by atoms with E-state index in [-0.39, 0.29) is 4.90 Å². The van der Waals surface area contributed by atoms with Crippen molar-refractivity contribution in [2.24, 2.45) is 0 Å². The van der Waals surface area contributed by atoms with Crippen LogP contribution in [0.2, 0.25) is 0 Å². The van der Waals surface area contributed by atoms with Crippen LogP contribution in [0.25, 0.3) is 0 Å². The summed E-state index contributed by atoms with van der Waals surface area (Å²) in [7, 11) is -3.46. The molecule has 0 unspecified atom stereocenters. The maximum Gasteiger partial charge on any atom is 0.245 e. The van der Waals surface area contributed by atoms with Crippen molar-refractivity contribution in [1.29, 1.82) is 0 Å². The summed E-state index contributed by atoms with van der Waals surface area (Å²) in [6.45, 7) is 1.19. The number of nitrogens with two attached hydrogens (primary N) is 1. The van der Waals surface area contributed by atoms with Gasteiger partial charge in [0.1, 0.15) is 4.90 Å². The fourth-order valence-corrected chi connectivity index (χ4v) is 4.34. The number of halogens is 1. The molecule has 1 saturated heterocycles. The molecule has 0 radical (unpaired) electrons. The number of benzene rings is 1. The van der Waals surface area contributed by atoms with Crippen molar-refractivity contribution in [2.75, 3.05) is 18.8 Å². The maximum absolute atomic E-state index is 12.6. The van der Waals surface area contributed by atoms with Crippen LogP contribution in [0.4, 0.5) is 5.69 Å². The Hall–Kier alpha value is -0.590. The van der Waals surface area contributed by atoms with E-state index in [1.807, 2.05) is 0 Å². The predicted molar refractivity (Wildman–Crippen MR) is 80.4 cm³/mol. The van der Waals surface area contributed by atoms with Crippen LogP contribution >= 0.6 is 15.9 Å². The third-order valence-electron chi connectivity index (χ3n) is 3.40. The second kappa shape index (κ2) is 6.24. The molecule has 1 aliphatic heterocycles. The molecule has 106 valence electrons. The molecule has 0 atom stereocenters. The van der Waals surface area contributed by atoms with Gasteiger partial charge in [0.05, 0.1) is 5.69 Å². The smallest absolute Gasteiger partial charge is 0.245 e. The lowest BCUT2D eigenvalue weighted by atomic mass is 10.1. The first-order valence-electron chi connectivity index (χ1n) is 6.57. The molecule has 2 N–H and O–H groups in total. The van der Waals surface area contributed by atoms with E-state index in [0.29, 0.717) is 18.8 Å². The molecule has 1 heterocycles. The Bertz CT molecular complexity index is 538. The molecule has 1 aromatic carbocycles. The van der Waals surface area contributed by atoms with Gasteiger partial charge < -0.3 is 5.73 Å². The fourth-order valence-electron chi connectivity index (χ4n) is 2.35. The lowest BCUT2D eigenvalue weighted by molar-refractivity contribution is 0.364. The molecular weight excluding hydrogens is 328 g/mol. The van der Waals surface area contributed by atoms with E-state index in [2.05, 4.69) is 15.9 Å². The minimum atomic E-state index is -3.46. The zero-order valence-electron chi connectivity index (χ0n) is 10.8. The lowest BCUT2D eigenvalue weighted by Gasteiger charge is -2.24. The Balaban J connectivity index is 2.29. The summed E-state index contributed by atoms with van der Waals surface area (Å²) < 4.78 is 27.6. The number of nitrogens with zero attached hydrogens (tertiary/aromatic N) is 1. The summed E-state index contributed by atoms with van der Waals surface area (Å²) in [5, 5.41) is 0. The molecule has 0 aromatic heterocycles. The molecule has 4 nitrogen and oxygen atoms in total. The van der Waals surface area contributed by atoms with Crippen molar-refractivity contribution in [3.8, 4) is 0 Å². The zero-order valence-corrected chi connectivity index (χ0v) is 13.2. The Kier molecular flexibility index (Phi) is 4.86. The number of nitrogen functional groups attached to an aromatic ring is 1. The second-order valence-electron chi connectivity index (χ2n) is 4.85. The lowest BCUT2D eigenvalue weighted by Crippen LogP contribution is -2.34. The number of anilines is 1. The molecule has 0 aliphatic carbocycles. The van der Waals surface area contributed by atoms with E-state index in [9.17, 15) is 8.42 Å². The van der Waals surface area contributed by atoms with E-state index in [1.165, 1.54) is 6.42 Å². The molecule has 0 bridgehead atoms. The monoisotopic (exact) mass is 346 g/mol. The van der Waals surface area contributed by atoms with Gasteiger partial charge in [0.2, 0.25) is 10.0 Å². The minimum Gasteiger partial charge on any atom is -0.398 e. The summed E-state index contributed by atoms with van der Waals surface area (Å²) >= 11 is 3.29. The minimum absolute atomic E-state index is 0.219. The van der Waals surface area contributed by atoms with Gasteiger partial charge in [0, 0.05) is 17.6 Å². The second-order valence-corrected chi connectivity index (χ2v) is 7.68. The molecule has 2 rings (SSSR count). The Morgan fingerprint density at radius 3 is 2.21 bits per heavy atom. The van der Waals surface area contributed by atoms with E-state index in [4.69, 9.17) is 5.73 Å². The van der Waals surface area contributed by atoms with Crippen LogP contribution in [0.15, 0.2) is 27.6 Å². The van der Waals surface area contributed by atoms with Crippen LogP contribution in [-0.4, -0.2) is 25.8 Å². The standard InChI is InChI=1S/C13H19BrN2O2S/c14-11-6-7-13(12(15)10-11)19(17,18)16-8-4-2-1-3-5-9-16/h6-7,10H,1-5,8-9,15H2. The summed E-state index contributed by atoms with van der Waals surface area (Å²) in [4.78, 5) is 0.219. The molecule has 1 aliphatic rings. The van der Waals surface area contributed by atoms with Crippen molar-refractivity contribution in [3.63, 3.8) is 0 Å². The van der Waals surface area contributed by atoms with Crippen molar-refractivity contribution in [1.82, 2.24) is 4.31 Å². The van der Waals surface area contributed by atoms with Gasteiger partial charge in [-0.2, -0.15) is 4.31 Å². The molecule has 0 amide bonds. The summed E-state index contributed by atoms with van der Waals surface area (Å²) in [6.07, 6.45) is 5.25. The number of rotatable bonds is 2. The van der Waals surface area contributed by atoms with Crippen LogP contribution in [0.3, 0.4) is 0 Å². The van der Waals surface area contributed by atoms with E-state index in [1.54, 1.807) is 22.5 Å².